The molecular formula is C20H32N6O2. The highest BCUT2D eigenvalue weighted by molar-refractivity contribution is 5.78. The number of aliphatic imine (C=N–C) groups is 1. The summed E-state index contributed by atoms with van der Waals surface area (Å²) < 4.78 is 5.51. The van der Waals surface area contributed by atoms with Gasteiger partial charge >= 0.3 is 5.97 Å². The third-order valence-corrected chi connectivity index (χ3v) is 5.19. The van der Waals surface area contributed by atoms with Gasteiger partial charge < -0.3 is 20.3 Å². The second-order valence-corrected chi connectivity index (χ2v) is 8.55. The molecule has 0 bridgehead atoms. The average molecular weight is 389 g/mol. The molecule has 2 N–H and O–H groups in total. The normalized spacial score (nSPS) is 24.2. The van der Waals surface area contributed by atoms with Gasteiger partial charge in [-0.25, -0.2) is 15.0 Å². The van der Waals surface area contributed by atoms with E-state index in [-0.39, 0.29) is 17.9 Å². The van der Waals surface area contributed by atoms with E-state index in [9.17, 15) is 4.79 Å². The highest BCUT2D eigenvalue weighted by Gasteiger charge is 2.30. The van der Waals surface area contributed by atoms with Crippen molar-refractivity contribution in [2.24, 2.45) is 16.6 Å². The fraction of sp³-hybridized carbons (Fsp3) is 0.700. The number of nitrogens with zero attached hydrogens (tertiary/aromatic N) is 5. The van der Waals surface area contributed by atoms with Crippen LogP contribution in [0, 0.1) is 5.92 Å². The lowest BCUT2D eigenvalue weighted by molar-refractivity contribution is -0.161. The molecule has 1 aromatic heterocycles. The van der Waals surface area contributed by atoms with Gasteiger partial charge in [0.25, 0.3) is 0 Å². The number of esters is 1. The van der Waals surface area contributed by atoms with Crippen molar-refractivity contribution in [2.75, 3.05) is 31.1 Å². The number of ether oxygens (including phenoxy) is 1. The first-order valence-electron chi connectivity index (χ1n) is 10.1. The predicted octanol–water partition coefficient (Wildman–Crippen LogP) is 1.81. The summed E-state index contributed by atoms with van der Waals surface area (Å²) in [4.78, 5) is 29.9. The average Bonchev–Trinajstić information content (AvgIpc) is 2.68. The Bertz CT molecular complexity index is 672. The fourth-order valence-corrected chi connectivity index (χ4v) is 3.68. The molecule has 1 aliphatic heterocycles. The second-order valence-electron chi connectivity index (χ2n) is 8.55. The molecular weight excluding hydrogens is 356 g/mol. The molecule has 0 unspecified atom stereocenters. The van der Waals surface area contributed by atoms with Gasteiger partial charge in [0, 0.05) is 38.6 Å². The monoisotopic (exact) mass is 388 g/mol. The molecule has 28 heavy (non-hydrogen) atoms. The second kappa shape index (κ2) is 8.75. The predicted molar refractivity (Wildman–Crippen MR) is 109 cm³/mol. The maximum atomic E-state index is 12.2. The maximum Gasteiger partial charge on any atom is 0.309 e. The summed E-state index contributed by atoms with van der Waals surface area (Å²) in [5, 5.41) is 0. The van der Waals surface area contributed by atoms with Crippen molar-refractivity contribution in [1.29, 1.82) is 0 Å². The van der Waals surface area contributed by atoms with Crippen molar-refractivity contribution in [3.63, 3.8) is 0 Å². The third-order valence-electron chi connectivity index (χ3n) is 5.19. The zero-order valence-corrected chi connectivity index (χ0v) is 17.2. The zero-order valence-electron chi connectivity index (χ0n) is 17.2. The van der Waals surface area contributed by atoms with E-state index in [0.29, 0.717) is 5.96 Å². The minimum absolute atomic E-state index is 0.0127. The highest BCUT2D eigenvalue weighted by atomic mass is 16.6. The molecule has 154 valence electrons. The van der Waals surface area contributed by atoms with Crippen LogP contribution in [0.25, 0.3) is 0 Å². The van der Waals surface area contributed by atoms with E-state index in [1.165, 1.54) is 0 Å². The van der Waals surface area contributed by atoms with E-state index in [1.54, 1.807) is 12.4 Å². The molecule has 0 radical (unpaired) electrons. The van der Waals surface area contributed by atoms with E-state index >= 15 is 0 Å². The first kappa shape index (κ1) is 20.4. The van der Waals surface area contributed by atoms with E-state index in [1.807, 2.05) is 26.8 Å². The first-order valence-corrected chi connectivity index (χ1v) is 10.1. The zero-order chi connectivity index (χ0) is 20.1. The third kappa shape index (κ3) is 5.56. The number of hydrogen-bond donors (Lipinski definition) is 1. The number of nitrogens with two attached hydrogens (primary N) is 1. The van der Waals surface area contributed by atoms with Gasteiger partial charge in [0.1, 0.15) is 5.60 Å². The minimum Gasteiger partial charge on any atom is -0.460 e. The van der Waals surface area contributed by atoms with Crippen molar-refractivity contribution in [1.82, 2.24) is 14.9 Å². The van der Waals surface area contributed by atoms with Gasteiger partial charge in [0.2, 0.25) is 5.95 Å². The van der Waals surface area contributed by atoms with E-state index in [4.69, 9.17) is 15.5 Å². The summed E-state index contributed by atoms with van der Waals surface area (Å²) in [6.45, 7) is 8.99. The minimum atomic E-state index is -0.427. The van der Waals surface area contributed by atoms with Gasteiger partial charge in [0.15, 0.2) is 5.96 Å². The Morgan fingerprint density at radius 3 is 2.29 bits per heavy atom. The molecule has 1 aliphatic carbocycles. The fourth-order valence-electron chi connectivity index (χ4n) is 3.68. The molecule has 1 saturated heterocycles. The molecule has 2 heterocycles. The number of piperazine rings is 1. The molecule has 8 heteroatoms. The van der Waals surface area contributed by atoms with Crippen LogP contribution in [-0.4, -0.2) is 64.6 Å². The molecule has 0 spiro atoms. The maximum absolute atomic E-state index is 12.2. The Labute approximate surface area is 167 Å². The number of hydrogen-bond acceptors (Lipinski definition) is 6. The van der Waals surface area contributed by atoms with Gasteiger partial charge in [-0.1, -0.05) is 0 Å². The van der Waals surface area contributed by atoms with Crippen LogP contribution in [0.3, 0.4) is 0 Å². The summed E-state index contributed by atoms with van der Waals surface area (Å²) >= 11 is 0. The summed E-state index contributed by atoms with van der Waals surface area (Å²) in [6, 6.07) is 2.01. The van der Waals surface area contributed by atoms with Gasteiger partial charge in [-0.3, -0.25) is 4.79 Å². The summed E-state index contributed by atoms with van der Waals surface area (Å²) in [5.41, 5.74) is 5.85. The van der Waals surface area contributed by atoms with E-state index in [2.05, 4.69) is 19.8 Å². The van der Waals surface area contributed by atoms with Gasteiger partial charge in [-0.05, 0) is 52.5 Å². The summed E-state index contributed by atoms with van der Waals surface area (Å²) in [5.74, 6) is 1.27. The summed E-state index contributed by atoms with van der Waals surface area (Å²) in [7, 11) is 0. The number of anilines is 1. The number of rotatable bonds is 3. The molecule has 1 aromatic rings. The smallest absolute Gasteiger partial charge is 0.309 e. The Kier molecular flexibility index (Phi) is 6.36. The van der Waals surface area contributed by atoms with Crippen molar-refractivity contribution < 1.29 is 9.53 Å². The molecule has 8 nitrogen and oxygen atoms in total. The lowest BCUT2D eigenvalue weighted by Crippen LogP contribution is -2.52. The van der Waals surface area contributed by atoms with E-state index < -0.39 is 5.60 Å². The quantitative estimate of drug-likeness (QED) is 0.479. The molecule has 3 rings (SSSR count). The standard InChI is InChI=1S/C20H32N6O2/c1-20(2,3)28-17(27)15-5-7-16(8-6-15)24-18(21)25-11-13-26(14-12-25)19-22-9-4-10-23-19/h4,9-10,15-16H,5-8,11-14H2,1-3H3,(H2,21,24). The van der Waals surface area contributed by atoms with E-state index in [0.717, 1.165) is 57.8 Å². The van der Waals surface area contributed by atoms with Crippen molar-refractivity contribution in [3.05, 3.63) is 18.5 Å². The van der Waals surface area contributed by atoms with Gasteiger partial charge in [-0.15, -0.1) is 0 Å². The van der Waals surface area contributed by atoms with Crippen LogP contribution < -0.4 is 10.6 Å². The number of carbonyl (C=O) groups excluding carboxylic acids is 1. The van der Waals surface area contributed by atoms with Crippen LogP contribution in [0.1, 0.15) is 46.5 Å². The highest BCUT2D eigenvalue weighted by Crippen LogP contribution is 2.28. The number of aromatic nitrogens is 2. The van der Waals surface area contributed by atoms with Crippen molar-refractivity contribution in [2.45, 2.75) is 58.1 Å². The van der Waals surface area contributed by atoms with Crippen molar-refractivity contribution in [3.8, 4) is 0 Å². The van der Waals surface area contributed by atoms with Crippen LogP contribution in [0.4, 0.5) is 5.95 Å². The molecule has 2 fully saturated rings. The molecule has 1 saturated carbocycles. The van der Waals surface area contributed by atoms with Crippen LogP contribution in [0.5, 0.6) is 0 Å². The molecule has 0 aromatic carbocycles. The van der Waals surface area contributed by atoms with Gasteiger partial charge in [-0.2, -0.15) is 0 Å². The SMILES string of the molecule is CC(C)(C)OC(=O)C1CCC(N=C(N)N2CCN(c3ncccn3)CC2)CC1. The van der Waals surface area contributed by atoms with Gasteiger partial charge in [0.05, 0.1) is 12.0 Å². The largest absolute Gasteiger partial charge is 0.460 e. The van der Waals surface area contributed by atoms with Crippen LogP contribution in [-0.2, 0) is 9.53 Å². The van der Waals surface area contributed by atoms with Crippen LogP contribution in [0.15, 0.2) is 23.5 Å². The Hall–Kier alpha value is -2.38. The van der Waals surface area contributed by atoms with Crippen LogP contribution >= 0.6 is 0 Å². The lowest BCUT2D eigenvalue weighted by Gasteiger charge is -2.36. The first-order chi connectivity index (χ1) is 13.3. The Balaban J connectivity index is 1.46. The molecule has 0 atom stereocenters. The topological polar surface area (TPSA) is 96.9 Å². The lowest BCUT2D eigenvalue weighted by atomic mass is 9.86. The Morgan fingerprint density at radius 1 is 1.11 bits per heavy atom. The van der Waals surface area contributed by atoms with Crippen molar-refractivity contribution >= 4 is 17.9 Å². The van der Waals surface area contributed by atoms with Crippen LogP contribution in [0.2, 0.25) is 0 Å². The summed E-state index contributed by atoms with van der Waals surface area (Å²) in [6.07, 6.45) is 6.91. The Morgan fingerprint density at radius 2 is 1.71 bits per heavy atom. The number of guanidine groups is 1. The molecule has 2 aliphatic rings. The number of carbonyl (C=O) groups is 1. The molecule has 0 amide bonds.